The van der Waals surface area contributed by atoms with Gasteiger partial charge < -0.3 is 9.64 Å². The van der Waals surface area contributed by atoms with Gasteiger partial charge in [-0.1, -0.05) is 54.0 Å². The lowest BCUT2D eigenvalue weighted by molar-refractivity contribution is 0.112. The second kappa shape index (κ2) is 15.5. The highest BCUT2D eigenvalue weighted by molar-refractivity contribution is 7.19. The number of benzene rings is 2. The molecule has 10 heteroatoms. The van der Waals surface area contributed by atoms with E-state index in [2.05, 4.69) is 43.6 Å². The number of thiophene rings is 1. The Kier molecular flexibility index (Phi) is 11.7. The number of allylic oxidation sites excluding steroid dienone is 1. The van der Waals surface area contributed by atoms with Crippen LogP contribution in [-0.4, -0.2) is 53.7 Å². The molecule has 1 aliphatic heterocycles. The van der Waals surface area contributed by atoms with E-state index < -0.39 is 17.7 Å². The van der Waals surface area contributed by atoms with E-state index in [0.717, 1.165) is 29.7 Å². The Bertz CT molecular complexity index is 1990. The third kappa shape index (κ3) is 7.48. The average Bonchev–Trinajstić information content (AvgIpc) is 3.67. The molecule has 0 N–H and O–H groups in total. The summed E-state index contributed by atoms with van der Waals surface area (Å²) in [7, 11) is 3.94. The molecule has 6 nitrogen and oxygen atoms in total. The molecule has 3 heterocycles. The molecular formula is C41H52F3N5OS. The van der Waals surface area contributed by atoms with E-state index in [0.29, 0.717) is 56.9 Å². The summed E-state index contributed by atoms with van der Waals surface area (Å²) in [5.41, 5.74) is 2.55. The predicted octanol–water partition coefficient (Wildman–Crippen LogP) is 11.1. The lowest BCUT2D eigenvalue weighted by Gasteiger charge is -2.34. The molecule has 0 aliphatic carbocycles. The number of nitrogens with zero attached hydrogens (tertiary/aromatic N) is 5. The van der Waals surface area contributed by atoms with E-state index in [-0.39, 0.29) is 46.8 Å². The number of rotatable bonds is 12. The quantitative estimate of drug-likeness (QED) is 0.145. The minimum Gasteiger partial charge on any atom is -0.459 e. The number of ether oxygens (including phenoxy) is 1. The number of hydrogen-bond acceptors (Lipinski definition) is 7. The molecule has 0 spiro atoms. The van der Waals surface area contributed by atoms with Crippen molar-refractivity contribution in [2.24, 2.45) is 11.8 Å². The first kappa shape index (κ1) is 38.5. The molecule has 4 aromatic rings. The highest BCUT2D eigenvalue weighted by Gasteiger charge is 2.34. The summed E-state index contributed by atoms with van der Waals surface area (Å²) in [6.45, 7) is 18.5. The molecule has 4 unspecified atom stereocenters. The van der Waals surface area contributed by atoms with Gasteiger partial charge in [-0.3, -0.25) is 4.90 Å². The molecule has 1 fully saturated rings. The zero-order chi connectivity index (χ0) is 37.5. The number of fused-ring (bicyclic) bond motifs is 2. The molecule has 51 heavy (non-hydrogen) atoms. The average molecular weight is 720 g/mol. The van der Waals surface area contributed by atoms with E-state index in [1.807, 2.05) is 47.9 Å². The van der Waals surface area contributed by atoms with Crippen LogP contribution in [0.15, 0.2) is 29.6 Å². The number of aryl methyl sites for hydroxylation is 1. The summed E-state index contributed by atoms with van der Waals surface area (Å²) in [6, 6.07) is 7.15. The van der Waals surface area contributed by atoms with E-state index in [1.54, 1.807) is 6.07 Å². The summed E-state index contributed by atoms with van der Waals surface area (Å²) < 4.78 is 53.6. The Balaban J connectivity index is 1.73. The van der Waals surface area contributed by atoms with Gasteiger partial charge in [-0.05, 0) is 93.7 Å². The number of halogens is 3. The van der Waals surface area contributed by atoms with Crippen LogP contribution in [0.25, 0.3) is 32.1 Å². The Morgan fingerprint density at radius 1 is 1.14 bits per heavy atom. The Morgan fingerprint density at radius 2 is 1.84 bits per heavy atom. The van der Waals surface area contributed by atoms with Crippen molar-refractivity contribution >= 4 is 38.1 Å². The van der Waals surface area contributed by atoms with Gasteiger partial charge in [0.1, 0.15) is 29.3 Å². The molecule has 2 aromatic heterocycles. The van der Waals surface area contributed by atoms with Crippen LogP contribution >= 0.6 is 11.3 Å². The van der Waals surface area contributed by atoms with Gasteiger partial charge >= 0.3 is 6.01 Å². The Hall–Kier alpha value is -3.68. The molecule has 0 amide bonds. The summed E-state index contributed by atoms with van der Waals surface area (Å²) in [5.74, 6) is 0.219. The standard InChI is InChI=1S/C41H52F3N5OS/c1-12-23(6)13-16-32(21(2)3)49(11)40-29-17-24(7)34(28-14-15-31(43)39-35(28)30(19-45)38(51-39)22(4)5)36(44)37(29)46-41(47-40)50-26(9)33-18-27(25(8)42)20-48(33)10/h14-15,17,21-23,26,32-33H,12-13,16,18,20H2,1-11H3/b27-25-. The SMILES string of the molecule is CCC(C)CCC(C(C)C)N(C)c1nc(OC(C)C2C/C(=C(\C)F)CN2C)nc2c(F)c(-c3ccc(F)c4sc(C(C)C)c(C#N)c34)c(C)cc12. The molecule has 4 atom stereocenters. The monoisotopic (exact) mass is 719 g/mol. The highest BCUT2D eigenvalue weighted by Crippen LogP contribution is 2.45. The number of likely N-dealkylation sites (tertiary alicyclic amines) is 1. The number of hydrogen-bond donors (Lipinski definition) is 0. The smallest absolute Gasteiger partial charge is 0.319 e. The maximum Gasteiger partial charge on any atom is 0.319 e. The zero-order valence-corrected chi connectivity index (χ0v) is 32.7. The largest absolute Gasteiger partial charge is 0.459 e. The van der Waals surface area contributed by atoms with Crippen LogP contribution in [-0.2, 0) is 0 Å². The molecule has 274 valence electrons. The van der Waals surface area contributed by atoms with Crippen molar-refractivity contribution < 1.29 is 17.9 Å². The predicted molar refractivity (Wildman–Crippen MR) is 204 cm³/mol. The van der Waals surface area contributed by atoms with E-state index in [9.17, 15) is 9.65 Å². The number of aromatic nitrogens is 2. The maximum absolute atomic E-state index is 17.4. The third-order valence-corrected chi connectivity index (χ3v) is 12.3. The molecule has 1 aliphatic rings. The van der Waals surface area contributed by atoms with Gasteiger partial charge in [-0.2, -0.15) is 15.2 Å². The van der Waals surface area contributed by atoms with Crippen molar-refractivity contribution in [2.45, 2.75) is 112 Å². The second-order valence-corrected chi connectivity index (χ2v) is 16.2. The fourth-order valence-corrected chi connectivity index (χ4v) is 8.77. The molecular weight excluding hydrogens is 668 g/mol. The maximum atomic E-state index is 17.4. The molecule has 0 bridgehead atoms. The Labute approximate surface area is 305 Å². The van der Waals surface area contributed by atoms with Gasteiger partial charge in [0.15, 0.2) is 5.82 Å². The summed E-state index contributed by atoms with van der Waals surface area (Å²) >= 11 is 1.25. The van der Waals surface area contributed by atoms with Crippen LogP contribution in [0.2, 0.25) is 0 Å². The topological polar surface area (TPSA) is 65.3 Å². The van der Waals surface area contributed by atoms with Crippen LogP contribution in [0.3, 0.4) is 0 Å². The van der Waals surface area contributed by atoms with Crippen molar-refractivity contribution in [3.8, 4) is 23.2 Å². The van der Waals surface area contributed by atoms with E-state index in [4.69, 9.17) is 14.7 Å². The van der Waals surface area contributed by atoms with Crippen LogP contribution in [0.5, 0.6) is 6.01 Å². The van der Waals surface area contributed by atoms with E-state index in [1.165, 1.54) is 24.3 Å². The minimum absolute atomic E-state index is 0.00658. The van der Waals surface area contributed by atoms with Crippen molar-refractivity contribution in [2.75, 3.05) is 25.5 Å². The van der Waals surface area contributed by atoms with Crippen molar-refractivity contribution in [3.05, 3.63) is 57.2 Å². The van der Waals surface area contributed by atoms with Gasteiger partial charge in [0, 0.05) is 40.8 Å². The minimum atomic E-state index is -0.578. The van der Waals surface area contributed by atoms with Crippen LogP contribution in [0.1, 0.15) is 103 Å². The zero-order valence-electron chi connectivity index (χ0n) is 31.9. The van der Waals surface area contributed by atoms with Crippen LogP contribution in [0.4, 0.5) is 19.0 Å². The lowest BCUT2D eigenvalue weighted by atomic mass is 9.91. The first-order valence-electron chi connectivity index (χ1n) is 18.2. The van der Waals surface area contributed by atoms with Gasteiger partial charge in [-0.25, -0.2) is 13.2 Å². The van der Waals surface area contributed by atoms with Crippen molar-refractivity contribution in [1.82, 2.24) is 14.9 Å². The van der Waals surface area contributed by atoms with Gasteiger partial charge in [-0.15, -0.1) is 11.3 Å². The summed E-state index contributed by atoms with van der Waals surface area (Å²) in [4.78, 5) is 14.7. The molecule has 0 radical (unpaired) electrons. The van der Waals surface area contributed by atoms with Gasteiger partial charge in [0.05, 0.1) is 22.1 Å². The van der Waals surface area contributed by atoms with E-state index >= 15 is 8.78 Å². The lowest BCUT2D eigenvalue weighted by Crippen LogP contribution is -2.39. The number of likely N-dealkylation sites (N-methyl/N-ethyl adjacent to an activating group) is 1. The van der Waals surface area contributed by atoms with Gasteiger partial charge in [0.25, 0.3) is 0 Å². The van der Waals surface area contributed by atoms with Crippen molar-refractivity contribution in [3.63, 3.8) is 0 Å². The fraction of sp³-hybridized carbons (Fsp3) is 0.537. The first-order chi connectivity index (χ1) is 24.1. The molecule has 2 aromatic carbocycles. The number of nitriles is 1. The first-order valence-corrected chi connectivity index (χ1v) is 19.0. The van der Waals surface area contributed by atoms with Crippen molar-refractivity contribution in [1.29, 1.82) is 5.26 Å². The molecule has 1 saturated heterocycles. The summed E-state index contributed by atoms with van der Waals surface area (Å²) in [5, 5.41) is 11.2. The molecule has 0 saturated carbocycles. The van der Waals surface area contributed by atoms with Crippen LogP contribution < -0.4 is 9.64 Å². The van der Waals surface area contributed by atoms with Crippen LogP contribution in [0, 0.1) is 41.7 Å². The summed E-state index contributed by atoms with van der Waals surface area (Å²) in [6.07, 6.45) is 3.17. The third-order valence-electron chi connectivity index (χ3n) is 10.8. The highest BCUT2D eigenvalue weighted by atomic mass is 32.1. The Morgan fingerprint density at radius 3 is 2.43 bits per heavy atom. The normalized spacial score (nSPS) is 18.1. The number of anilines is 1. The van der Waals surface area contributed by atoms with Gasteiger partial charge in [0.2, 0.25) is 0 Å². The second-order valence-electron chi connectivity index (χ2n) is 15.2. The molecule has 5 rings (SSSR count). The fourth-order valence-electron chi connectivity index (χ4n) is 7.59.